The van der Waals surface area contributed by atoms with Crippen molar-refractivity contribution in [1.29, 1.82) is 0 Å². The maximum atomic E-state index is 5.17. The number of nitrogens with zero attached hydrogens (tertiary/aromatic N) is 3. The molecule has 0 aliphatic carbocycles. The Kier molecular flexibility index (Phi) is 4.90. The number of anilines is 1. The van der Waals surface area contributed by atoms with Crippen LogP contribution in [0.2, 0.25) is 0 Å². The summed E-state index contributed by atoms with van der Waals surface area (Å²) >= 11 is 0. The van der Waals surface area contributed by atoms with Gasteiger partial charge in [-0.3, -0.25) is 0 Å². The fraction of sp³-hybridized carbons (Fsp3) is 0.692. The van der Waals surface area contributed by atoms with Crippen LogP contribution in [0.25, 0.3) is 0 Å². The van der Waals surface area contributed by atoms with E-state index in [1.807, 2.05) is 19.1 Å². The molecule has 1 fully saturated rings. The van der Waals surface area contributed by atoms with Gasteiger partial charge in [0.05, 0.1) is 12.3 Å². The highest BCUT2D eigenvalue weighted by Gasteiger charge is 2.18. The van der Waals surface area contributed by atoms with Crippen LogP contribution in [0.15, 0.2) is 12.1 Å². The lowest BCUT2D eigenvalue weighted by Gasteiger charge is -2.26. The van der Waals surface area contributed by atoms with Crippen LogP contribution in [-0.2, 0) is 4.74 Å². The number of aryl methyl sites for hydroxylation is 1. The van der Waals surface area contributed by atoms with Crippen LogP contribution in [0, 0.1) is 6.92 Å². The molecule has 0 spiro atoms. The van der Waals surface area contributed by atoms with Crippen LogP contribution in [0.4, 0.5) is 5.82 Å². The zero-order chi connectivity index (χ0) is 12.8. The largest absolute Gasteiger partial charge is 0.383 e. The first-order valence-electron chi connectivity index (χ1n) is 6.57. The van der Waals surface area contributed by atoms with E-state index in [9.17, 15) is 0 Å². The molecule has 1 N–H and O–H groups in total. The van der Waals surface area contributed by atoms with Crippen molar-refractivity contribution in [3.63, 3.8) is 0 Å². The highest BCUT2D eigenvalue weighted by atomic mass is 16.5. The quantitative estimate of drug-likeness (QED) is 0.816. The molecule has 1 atom stereocenters. The average molecular weight is 250 g/mol. The molecule has 1 unspecified atom stereocenters. The second-order valence-electron chi connectivity index (χ2n) is 4.77. The lowest BCUT2D eigenvalue weighted by Crippen LogP contribution is -2.39. The Hall–Kier alpha value is -1.20. The number of aromatic nitrogens is 2. The maximum absolute atomic E-state index is 5.17. The molecule has 5 heteroatoms. The maximum Gasteiger partial charge on any atom is 0.151 e. The number of ether oxygens (including phenoxy) is 1. The van der Waals surface area contributed by atoms with Gasteiger partial charge < -0.3 is 15.0 Å². The van der Waals surface area contributed by atoms with Crippen molar-refractivity contribution in [2.75, 3.05) is 38.3 Å². The summed E-state index contributed by atoms with van der Waals surface area (Å²) in [5.41, 5.74) is 0.949. The molecule has 0 radical (unpaired) electrons. The summed E-state index contributed by atoms with van der Waals surface area (Å²) < 4.78 is 5.17. The predicted octanol–water partition coefficient (Wildman–Crippen LogP) is 0.990. The Labute approximate surface area is 109 Å². The van der Waals surface area contributed by atoms with Crippen LogP contribution >= 0.6 is 0 Å². The van der Waals surface area contributed by atoms with Crippen molar-refractivity contribution in [2.24, 2.45) is 0 Å². The van der Waals surface area contributed by atoms with Crippen LogP contribution in [0.3, 0.4) is 0 Å². The topological polar surface area (TPSA) is 50.3 Å². The zero-order valence-electron chi connectivity index (χ0n) is 11.2. The van der Waals surface area contributed by atoms with Gasteiger partial charge in [-0.15, -0.1) is 5.10 Å². The fourth-order valence-electron chi connectivity index (χ4n) is 2.24. The minimum absolute atomic E-state index is 0.560. The minimum atomic E-state index is 0.560. The van der Waals surface area contributed by atoms with E-state index in [2.05, 4.69) is 20.4 Å². The molecule has 1 saturated heterocycles. The van der Waals surface area contributed by atoms with E-state index < -0.39 is 0 Å². The number of methoxy groups -OCH3 is 1. The molecule has 18 heavy (non-hydrogen) atoms. The fourth-order valence-corrected chi connectivity index (χ4v) is 2.24. The van der Waals surface area contributed by atoms with Crippen LogP contribution in [0.5, 0.6) is 0 Å². The number of rotatable bonds is 6. The molecule has 100 valence electrons. The number of hydrogen-bond acceptors (Lipinski definition) is 5. The van der Waals surface area contributed by atoms with Gasteiger partial charge in [-0.1, -0.05) is 0 Å². The Morgan fingerprint density at radius 3 is 2.94 bits per heavy atom. The van der Waals surface area contributed by atoms with Crippen molar-refractivity contribution >= 4 is 5.82 Å². The SMILES string of the molecule is COCCN(CC1CCCN1)c1ccc(C)nn1. The lowest BCUT2D eigenvalue weighted by molar-refractivity contribution is 0.204. The number of nitrogens with one attached hydrogen (secondary N) is 1. The molecule has 2 rings (SSSR count). The van der Waals surface area contributed by atoms with Gasteiger partial charge in [0.15, 0.2) is 5.82 Å². The van der Waals surface area contributed by atoms with Gasteiger partial charge in [-0.2, -0.15) is 5.10 Å². The first-order chi connectivity index (χ1) is 8.79. The predicted molar refractivity (Wildman–Crippen MR) is 71.9 cm³/mol. The Morgan fingerprint density at radius 2 is 2.33 bits per heavy atom. The summed E-state index contributed by atoms with van der Waals surface area (Å²) in [5, 5.41) is 11.9. The third-order valence-electron chi connectivity index (χ3n) is 3.28. The van der Waals surface area contributed by atoms with Crippen molar-refractivity contribution < 1.29 is 4.74 Å². The zero-order valence-corrected chi connectivity index (χ0v) is 11.2. The van der Waals surface area contributed by atoms with Gasteiger partial charge in [0, 0.05) is 26.2 Å². The van der Waals surface area contributed by atoms with Crippen molar-refractivity contribution in [3.05, 3.63) is 17.8 Å². The summed E-state index contributed by atoms with van der Waals surface area (Å²) in [7, 11) is 1.73. The highest BCUT2D eigenvalue weighted by molar-refractivity contribution is 5.37. The molecule has 0 bridgehead atoms. The Bertz CT molecular complexity index is 349. The van der Waals surface area contributed by atoms with E-state index in [4.69, 9.17) is 4.74 Å². The summed E-state index contributed by atoms with van der Waals surface area (Å²) in [4.78, 5) is 2.25. The summed E-state index contributed by atoms with van der Waals surface area (Å²) in [6.07, 6.45) is 2.51. The van der Waals surface area contributed by atoms with Crippen LogP contribution in [0.1, 0.15) is 18.5 Å². The van der Waals surface area contributed by atoms with E-state index in [0.717, 1.165) is 31.1 Å². The summed E-state index contributed by atoms with van der Waals surface area (Å²) in [6.45, 7) is 5.62. The van der Waals surface area contributed by atoms with Gasteiger partial charge >= 0.3 is 0 Å². The van der Waals surface area contributed by atoms with Gasteiger partial charge in [-0.25, -0.2) is 0 Å². The molecular weight excluding hydrogens is 228 g/mol. The second kappa shape index (κ2) is 6.66. The van der Waals surface area contributed by atoms with Gasteiger partial charge in [-0.05, 0) is 38.4 Å². The first-order valence-corrected chi connectivity index (χ1v) is 6.57. The summed E-state index contributed by atoms with van der Waals surface area (Å²) in [6, 6.07) is 4.60. The number of hydrogen-bond donors (Lipinski definition) is 1. The monoisotopic (exact) mass is 250 g/mol. The van der Waals surface area contributed by atoms with Crippen molar-refractivity contribution in [1.82, 2.24) is 15.5 Å². The Balaban J connectivity index is 2.00. The molecule has 2 heterocycles. The molecule has 0 amide bonds. The van der Waals surface area contributed by atoms with E-state index in [1.54, 1.807) is 7.11 Å². The van der Waals surface area contributed by atoms with Gasteiger partial charge in [0.2, 0.25) is 0 Å². The van der Waals surface area contributed by atoms with E-state index in [-0.39, 0.29) is 0 Å². The molecule has 1 aliphatic rings. The Morgan fingerprint density at radius 1 is 1.44 bits per heavy atom. The van der Waals surface area contributed by atoms with Crippen molar-refractivity contribution in [3.8, 4) is 0 Å². The van der Waals surface area contributed by atoms with Gasteiger partial charge in [0.25, 0.3) is 0 Å². The standard InChI is InChI=1S/C13H22N4O/c1-11-5-6-13(16-15-11)17(8-9-18-2)10-12-4-3-7-14-12/h5-6,12,14H,3-4,7-10H2,1-2H3. The minimum Gasteiger partial charge on any atom is -0.383 e. The molecule has 5 nitrogen and oxygen atoms in total. The highest BCUT2D eigenvalue weighted by Crippen LogP contribution is 2.13. The molecular formula is C13H22N4O. The van der Waals surface area contributed by atoms with Crippen molar-refractivity contribution in [2.45, 2.75) is 25.8 Å². The summed E-state index contributed by atoms with van der Waals surface area (Å²) in [5.74, 6) is 0.936. The van der Waals surface area contributed by atoms with Crippen LogP contribution in [-0.4, -0.2) is 49.6 Å². The smallest absolute Gasteiger partial charge is 0.151 e. The molecule has 1 aromatic rings. The second-order valence-corrected chi connectivity index (χ2v) is 4.77. The molecule has 0 saturated carbocycles. The van der Waals surface area contributed by atoms with Gasteiger partial charge in [0.1, 0.15) is 0 Å². The molecule has 1 aliphatic heterocycles. The lowest BCUT2D eigenvalue weighted by atomic mass is 10.2. The van der Waals surface area contributed by atoms with E-state index in [1.165, 1.54) is 12.8 Å². The molecule has 0 aromatic carbocycles. The average Bonchev–Trinajstić information content (AvgIpc) is 2.88. The van der Waals surface area contributed by atoms with E-state index >= 15 is 0 Å². The normalized spacial score (nSPS) is 19.1. The molecule has 1 aromatic heterocycles. The first kappa shape index (κ1) is 13.2. The van der Waals surface area contributed by atoms with E-state index in [0.29, 0.717) is 12.6 Å². The van der Waals surface area contributed by atoms with Crippen LogP contribution < -0.4 is 10.2 Å². The third-order valence-corrected chi connectivity index (χ3v) is 3.28. The third kappa shape index (κ3) is 3.65.